The minimum absolute atomic E-state index is 0.0362. The molecule has 0 aliphatic rings. The largest absolute Gasteiger partial charge is 0.444 e. The van der Waals surface area contributed by atoms with Crippen molar-refractivity contribution in [2.45, 2.75) is 103 Å². The number of primary amides is 1. The van der Waals surface area contributed by atoms with Crippen LogP contribution in [0.3, 0.4) is 0 Å². The van der Waals surface area contributed by atoms with Crippen LogP contribution in [0.2, 0.25) is 0 Å². The SMILES string of the molecule is C=Cc1cccc(C(C(=O)NCc2ccccc2)N(CCCCCCCC)C(=O)C(CCC(N)=O)NC(=O)OC(C)(C)C)c1. The maximum absolute atomic E-state index is 14.4. The van der Waals surface area contributed by atoms with Gasteiger partial charge in [0.1, 0.15) is 17.7 Å². The predicted octanol–water partition coefficient (Wildman–Crippen LogP) is 6.04. The number of nitrogens with zero attached hydrogens (tertiary/aromatic N) is 1. The van der Waals surface area contributed by atoms with E-state index in [4.69, 9.17) is 10.5 Å². The van der Waals surface area contributed by atoms with E-state index in [9.17, 15) is 19.2 Å². The second-order valence-corrected chi connectivity index (χ2v) is 12.0. The van der Waals surface area contributed by atoms with Crippen molar-refractivity contribution in [3.05, 3.63) is 77.9 Å². The van der Waals surface area contributed by atoms with Crippen molar-refractivity contribution >= 4 is 29.9 Å². The first kappa shape index (κ1) is 36.1. The van der Waals surface area contributed by atoms with Crippen molar-refractivity contribution in [2.24, 2.45) is 5.73 Å². The minimum atomic E-state index is -1.13. The summed E-state index contributed by atoms with van der Waals surface area (Å²) in [6.45, 7) is 11.7. The van der Waals surface area contributed by atoms with Gasteiger partial charge in [-0.15, -0.1) is 0 Å². The van der Waals surface area contributed by atoms with Crippen molar-refractivity contribution < 1.29 is 23.9 Å². The highest BCUT2D eigenvalue weighted by molar-refractivity contribution is 5.92. The number of unbranched alkanes of at least 4 members (excludes halogenated alkanes) is 5. The molecule has 4 N–H and O–H groups in total. The summed E-state index contributed by atoms with van der Waals surface area (Å²) in [6, 6.07) is 14.7. The molecule has 2 atom stereocenters. The lowest BCUT2D eigenvalue weighted by atomic mass is 9.98. The van der Waals surface area contributed by atoms with Gasteiger partial charge in [0.05, 0.1) is 0 Å². The van der Waals surface area contributed by atoms with Gasteiger partial charge in [0, 0.05) is 19.5 Å². The standard InChI is InChI=1S/C35H50N4O5/c1-6-8-9-10-11-15-23-39(33(42)29(21-22-30(36)40)38-34(43)44-35(3,4)5)31(28-20-16-19-26(7-2)24-28)32(41)37-25-27-17-13-12-14-18-27/h7,12-14,16-20,24,29,31H,2,6,8-11,15,21-23,25H2,1,3-5H3,(H2,36,40)(H,37,41)(H,38,43). The topological polar surface area (TPSA) is 131 Å². The van der Waals surface area contributed by atoms with Crippen LogP contribution in [0, 0.1) is 0 Å². The smallest absolute Gasteiger partial charge is 0.408 e. The van der Waals surface area contributed by atoms with E-state index in [2.05, 4.69) is 24.1 Å². The molecule has 9 nitrogen and oxygen atoms in total. The monoisotopic (exact) mass is 606 g/mol. The summed E-state index contributed by atoms with van der Waals surface area (Å²) in [5, 5.41) is 5.65. The first-order valence-electron chi connectivity index (χ1n) is 15.6. The Labute approximate surface area is 262 Å². The van der Waals surface area contributed by atoms with E-state index in [1.54, 1.807) is 32.9 Å². The highest BCUT2D eigenvalue weighted by atomic mass is 16.6. The van der Waals surface area contributed by atoms with Gasteiger partial charge < -0.3 is 26.0 Å². The quantitative estimate of drug-likeness (QED) is 0.178. The zero-order valence-electron chi connectivity index (χ0n) is 26.8. The third kappa shape index (κ3) is 13.0. The van der Waals surface area contributed by atoms with Gasteiger partial charge in [-0.3, -0.25) is 14.4 Å². The molecular formula is C35H50N4O5. The molecule has 0 radical (unpaired) electrons. The van der Waals surface area contributed by atoms with Crippen molar-refractivity contribution in [1.82, 2.24) is 15.5 Å². The summed E-state index contributed by atoms with van der Waals surface area (Å²) in [6.07, 6.45) is 6.61. The number of hydrogen-bond donors (Lipinski definition) is 3. The summed E-state index contributed by atoms with van der Waals surface area (Å²) >= 11 is 0. The van der Waals surface area contributed by atoms with Crippen LogP contribution >= 0.6 is 0 Å². The van der Waals surface area contributed by atoms with Crippen molar-refractivity contribution in [3.8, 4) is 0 Å². The minimum Gasteiger partial charge on any atom is -0.444 e. The van der Waals surface area contributed by atoms with Crippen LogP contribution in [0.15, 0.2) is 61.2 Å². The van der Waals surface area contributed by atoms with Crippen molar-refractivity contribution in [2.75, 3.05) is 6.54 Å². The van der Waals surface area contributed by atoms with E-state index in [0.29, 0.717) is 12.0 Å². The lowest BCUT2D eigenvalue weighted by molar-refractivity contribution is -0.143. The molecule has 240 valence electrons. The normalized spacial score (nSPS) is 12.5. The van der Waals surface area contributed by atoms with Gasteiger partial charge in [0.2, 0.25) is 17.7 Å². The number of ether oxygens (including phenoxy) is 1. The second kappa shape index (κ2) is 18.5. The zero-order valence-corrected chi connectivity index (χ0v) is 26.8. The molecule has 44 heavy (non-hydrogen) atoms. The van der Waals surface area contributed by atoms with Crippen LogP contribution in [-0.2, 0) is 25.7 Å². The van der Waals surface area contributed by atoms with E-state index in [1.165, 1.54) is 4.90 Å². The molecule has 2 rings (SSSR count). The van der Waals surface area contributed by atoms with Gasteiger partial charge >= 0.3 is 6.09 Å². The number of hydrogen-bond acceptors (Lipinski definition) is 5. The molecule has 0 heterocycles. The summed E-state index contributed by atoms with van der Waals surface area (Å²) in [4.78, 5) is 54.5. The Balaban J connectivity index is 2.50. The number of rotatable bonds is 18. The fourth-order valence-electron chi connectivity index (χ4n) is 4.83. The lowest BCUT2D eigenvalue weighted by Crippen LogP contribution is -2.53. The molecule has 2 aromatic rings. The molecule has 0 saturated heterocycles. The highest BCUT2D eigenvalue weighted by Gasteiger charge is 2.36. The van der Waals surface area contributed by atoms with Gasteiger partial charge in [-0.05, 0) is 56.4 Å². The Kier molecular flexibility index (Phi) is 15.2. The highest BCUT2D eigenvalue weighted by Crippen LogP contribution is 2.26. The molecule has 2 unspecified atom stereocenters. The lowest BCUT2D eigenvalue weighted by Gasteiger charge is -2.34. The van der Waals surface area contributed by atoms with Crippen LogP contribution in [0.1, 0.15) is 102 Å². The summed E-state index contributed by atoms with van der Waals surface area (Å²) in [5.41, 5.74) is 6.96. The number of nitrogens with one attached hydrogen (secondary N) is 2. The van der Waals surface area contributed by atoms with E-state index in [1.807, 2.05) is 48.5 Å². The molecule has 0 bridgehead atoms. The fourth-order valence-corrected chi connectivity index (χ4v) is 4.83. The third-order valence-corrected chi connectivity index (χ3v) is 7.04. The second-order valence-electron chi connectivity index (χ2n) is 12.0. The molecule has 0 fully saturated rings. The average molecular weight is 607 g/mol. The van der Waals surface area contributed by atoms with Crippen molar-refractivity contribution in [3.63, 3.8) is 0 Å². The zero-order chi connectivity index (χ0) is 32.5. The van der Waals surface area contributed by atoms with Gasteiger partial charge in [0.15, 0.2) is 0 Å². The van der Waals surface area contributed by atoms with E-state index in [-0.39, 0.29) is 31.8 Å². The summed E-state index contributed by atoms with van der Waals surface area (Å²) in [7, 11) is 0. The Morgan fingerprint density at radius 1 is 0.977 bits per heavy atom. The molecule has 2 aromatic carbocycles. The van der Waals surface area contributed by atoms with Crippen LogP contribution < -0.4 is 16.4 Å². The molecule has 0 saturated carbocycles. The number of nitrogens with two attached hydrogens (primary N) is 1. The van der Waals surface area contributed by atoms with Crippen LogP contribution in [-0.4, -0.2) is 46.9 Å². The summed E-state index contributed by atoms with van der Waals surface area (Å²) < 4.78 is 5.42. The number of amides is 4. The number of alkyl carbamates (subject to hydrolysis) is 1. The Morgan fingerprint density at radius 2 is 1.66 bits per heavy atom. The van der Waals surface area contributed by atoms with E-state index < -0.39 is 35.6 Å². The first-order valence-corrected chi connectivity index (χ1v) is 15.6. The van der Waals surface area contributed by atoms with Crippen molar-refractivity contribution in [1.29, 1.82) is 0 Å². The molecule has 0 aliphatic carbocycles. The summed E-state index contributed by atoms with van der Waals surface area (Å²) in [5.74, 6) is -1.46. The molecular weight excluding hydrogens is 556 g/mol. The van der Waals surface area contributed by atoms with Crippen LogP contribution in [0.25, 0.3) is 6.08 Å². The van der Waals surface area contributed by atoms with E-state index >= 15 is 0 Å². The first-order chi connectivity index (χ1) is 20.9. The molecule has 0 aromatic heterocycles. The Bertz CT molecular complexity index is 1230. The van der Waals surface area contributed by atoms with Gasteiger partial charge in [-0.1, -0.05) is 100 Å². The van der Waals surface area contributed by atoms with Gasteiger partial charge in [0.25, 0.3) is 0 Å². The fraction of sp³-hybridized carbons (Fsp3) is 0.486. The Morgan fingerprint density at radius 3 is 2.30 bits per heavy atom. The predicted molar refractivity (Wildman–Crippen MR) is 174 cm³/mol. The third-order valence-electron chi connectivity index (χ3n) is 7.04. The maximum Gasteiger partial charge on any atom is 0.408 e. The van der Waals surface area contributed by atoms with Crippen LogP contribution in [0.5, 0.6) is 0 Å². The molecule has 4 amide bonds. The van der Waals surface area contributed by atoms with Gasteiger partial charge in [-0.25, -0.2) is 4.79 Å². The molecule has 0 aliphatic heterocycles. The van der Waals surface area contributed by atoms with E-state index in [0.717, 1.165) is 43.2 Å². The maximum atomic E-state index is 14.4. The Hall–Kier alpha value is -4.14. The molecule has 0 spiro atoms. The van der Waals surface area contributed by atoms with Gasteiger partial charge in [-0.2, -0.15) is 0 Å². The number of carbonyl (C=O) groups excluding carboxylic acids is 4. The van der Waals surface area contributed by atoms with Crippen LogP contribution in [0.4, 0.5) is 4.79 Å². The number of carbonyl (C=O) groups is 4. The number of benzene rings is 2. The molecule has 9 heteroatoms. The average Bonchev–Trinajstić information content (AvgIpc) is 2.98.